The summed E-state index contributed by atoms with van der Waals surface area (Å²) >= 11 is 6.31. The number of hydrogen-bond donors (Lipinski definition) is 2. The van der Waals surface area contributed by atoms with Gasteiger partial charge in [-0.2, -0.15) is 16.8 Å². The highest BCUT2D eigenvalue weighted by Crippen LogP contribution is 2.29. The molecule has 0 fully saturated rings. The maximum atomic E-state index is 10.5. The Bertz CT molecular complexity index is 1990. The van der Waals surface area contributed by atoms with Crippen LogP contribution in [0.2, 0.25) is 5.15 Å². The van der Waals surface area contributed by atoms with Gasteiger partial charge in [-0.15, -0.1) is 0 Å². The quantitative estimate of drug-likeness (QED) is 0.109. The average molecular weight is 738 g/mol. The lowest BCUT2D eigenvalue weighted by atomic mass is 10.1. The summed E-state index contributed by atoms with van der Waals surface area (Å²) < 4.78 is 65.2. The lowest BCUT2D eigenvalue weighted by Gasteiger charge is -2.24. The second-order valence-corrected chi connectivity index (χ2v) is 14.6. The minimum atomic E-state index is -4.02. The number of aryl methyl sites for hydroxylation is 2. The first-order chi connectivity index (χ1) is 23.6. The summed E-state index contributed by atoms with van der Waals surface area (Å²) in [6.07, 6.45) is 6.07. The molecular weight excluding hydrogens is 698 g/mol. The molecule has 264 valence electrons. The molecule has 2 N–H and O–H groups in total. The van der Waals surface area contributed by atoms with Crippen molar-refractivity contribution >= 4 is 37.9 Å². The molecule has 3 aromatic carbocycles. The smallest absolute Gasteiger partial charge is 0.294 e. The highest BCUT2D eigenvalue weighted by molar-refractivity contribution is 7.86. The summed E-state index contributed by atoms with van der Waals surface area (Å²) in [5, 5.41) is 0.398. The fourth-order valence-corrected chi connectivity index (χ4v) is 5.46. The molecular formula is C37H40ClN3O7S2. The van der Waals surface area contributed by atoms with Crippen LogP contribution in [0.1, 0.15) is 22.3 Å². The van der Waals surface area contributed by atoms with Gasteiger partial charge in [0.05, 0.1) is 21.7 Å². The first-order valence-electron chi connectivity index (χ1n) is 15.2. The Morgan fingerprint density at radius 3 is 1.84 bits per heavy atom. The van der Waals surface area contributed by atoms with Crippen LogP contribution in [0.25, 0.3) is 17.3 Å². The van der Waals surface area contributed by atoms with E-state index in [0.717, 1.165) is 34.4 Å². The Balaban J connectivity index is 0.000000251. The van der Waals surface area contributed by atoms with E-state index in [2.05, 4.69) is 59.8 Å². The van der Waals surface area contributed by atoms with Gasteiger partial charge in [0.2, 0.25) is 0 Å². The van der Waals surface area contributed by atoms with E-state index in [1.165, 1.54) is 29.8 Å². The van der Waals surface area contributed by atoms with Crippen LogP contribution in [0.15, 0.2) is 126 Å². The van der Waals surface area contributed by atoms with E-state index in [-0.39, 0.29) is 15.8 Å². The molecule has 50 heavy (non-hydrogen) atoms. The minimum absolute atomic E-state index is 0.0666. The van der Waals surface area contributed by atoms with Gasteiger partial charge >= 0.3 is 0 Å². The number of rotatable bonds is 10. The van der Waals surface area contributed by atoms with Gasteiger partial charge in [0, 0.05) is 17.8 Å². The number of nitrogens with zero attached hydrogens (tertiary/aromatic N) is 3. The topological polar surface area (TPSA) is 147 Å². The van der Waals surface area contributed by atoms with Gasteiger partial charge in [-0.25, -0.2) is 4.98 Å². The number of halogens is 1. The molecule has 2 aromatic heterocycles. The maximum Gasteiger partial charge on any atom is 0.294 e. The number of likely N-dealkylation sites (N-methyl/N-ethyl adjacent to an activating group) is 1. The molecule has 0 aliphatic heterocycles. The largest absolute Gasteiger partial charge is 0.490 e. The van der Waals surface area contributed by atoms with Gasteiger partial charge in [0.15, 0.2) is 0 Å². The number of ether oxygens (including phenoxy) is 1. The third kappa shape index (κ3) is 13.1. The molecule has 0 spiro atoms. The summed E-state index contributed by atoms with van der Waals surface area (Å²) in [7, 11) is -3.91. The van der Waals surface area contributed by atoms with E-state index >= 15 is 0 Å². The van der Waals surface area contributed by atoms with Gasteiger partial charge < -0.3 is 9.64 Å². The monoisotopic (exact) mass is 737 g/mol. The van der Waals surface area contributed by atoms with Crippen LogP contribution >= 0.6 is 11.6 Å². The second-order valence-electron chi connectivity index (χ2n) is 11.4. The minimum Gasteiger partial charge on any atom is -0.490 e. The molecule has 0 radical (unpaired) electrons. The highest BCUT2D eigenvalue weighted by atomic mass is 35.5. The number of benzene rings is 3. The van der Waals surface area contributed by atoms with Crippen LogP contribution in [0.3, 0.4) is 0 Å². The molecule has 5 rings (SSSR count). The first kappa shape index (κ1) is 40.0. The summed E-state index contributed by atoms with van der Waals surface area (Å²) in [5.41, 5.74) is 5.66. The molecule has 1 atom stereocenters. The summed E-state index contributed by atoms with van der Waals surface area (Å²) in [6, 6.07) is 28.3. The summed E-state index contributed by atoms with van der Waals surface area (Å²) in [4.78, 5) is 10.7. The SMILES string of the molecule is C=Cc1ccnc(-c2cc(OC[C@H](Cc3ccccc3)N(C)C)cnc2Cl)c1.Cc1ccc(S(=O)(=O)O)cc1.Cc1ccc(S(=O)(=O)O)cc1. The van der Waals surface area contributed by atoms with Crippen LogP contribution in [-0.2, 0) is 26.7 Å². The van der Waals surface area contributed by atoms with Crippen molar-refractivity contribution in [3.63, 3.8) is 0 Å². The maximum absolute atomic E-state index is 10.5. The molecule has 0 aliphatic carbocycles. The molecule has 0 aliphatic rings. The molecule has 2 heterocycles. The van der Waals surface area contributed by atoms with Crippen molar-refractivity contribution in [3.8, 4) is 17.0 Å². The van der Waals surface area contributed by atoms with Crippen molar-refractivity contribution in [3.05, 3.63) is 143 Å². The molecule has 0 saturated heterocycles. The van der Waals surface area contributed by atoms with Crippen LogP contribution in [-0.4, -0.2) is 67.6 Å². The summed E-state index contributed by atoms with van der Waals surface area (Å²) in [5.74, 6) is 0.671. The summed E-state index contributed by atoms with van der Waals surface area (Å²) in [6.45, 7) is 8.03. The molecule has 0 amide bonds. The zero-order valence-electron chi connectivity index (χ0n) is 28.1. The zero-order valence-corrected chi connectivity index (χ0v) is 30.5. The van der Waals surface area contributed by atoms with Crippen molar-refractivity contribution in [2.24, 2.45) is 0 Å². The molecule has 13 heteroatoms. The van der Waals surface area contributed by atoms with E-state index < -0.39 is 20.2 Å². The van der Waals surface area contributed by atoms with E-state index in [9.17, 15) is 16.8 Å². The number of pyridine rings is 2. The van der Waals surface area contributed by atoms with Crippen LogP contribution in [0.4, 0.5) is 0 Å². The van der Waals surface area contributed by atoms with Crippen molar-refractivity contribution in [2.45, 2.75) is 36.1 Å². The van der Waals surface area contributed by atoms with E-state index in [1.807, 2.05) is 38.1 Å². The van der Waals surface area contributed by atoms with Gasteiger partial charge in [-0.05, 0) is 88.0 Å². The molecule has 0 saturated carbocycles. The van der Waals surface area contributed by atoms with E-state index in [0.29, 0.717) is 17.5 Å². The van der Waals surface area contributed by atoms with E-state index in [1.54, 1.807) is 42.7 Å². The third-order valence-corrected chi connectivity index (χ3v) is 9.27. The molecule has 10 nitrogen and oxygen atoms in total. The molecule has 5 aromatic rings. The van der Waals surface area contributed by atoms with Crippen molar-refractivity contribution < 1.29 is 30.7 Å². The van der Waals surface area contributed by atoms with Crippen molar-refractivity contribution in [1.82, 2.24) is 14.9 Å². The number of hydrogen-bond acceptors (Lipinski definition) is 8. The average Bonchev–Trinajstić information content (AvgIpc) is 3.08. The Morgan fingerprint density at radius 1 is 0.820 bits per heavy atom. The van der Waals surface area contributed by atoms with Gasteiger partial charge in [0.25, 0.3) is 20.2 Å². The zero-order chi connectivity index (χ0) is 36.9. The first-order valence-corrected chi connectivity index (χ1v) is 18.5. The fourth-order valence-electron chi connectivity index (χ4n) is 4.30. The highest BCUT2D eigenvalue weighted by Gasteiger charge is 2.15. The van der Waals surface area contributed by atoms with Crippen molar-refractivity contribution in [1.29, 1.82) is 0 Å². The van der Waals surface area contributed by atoms with Gasteiger partial charge in [0.1, 0.15) is 17.5 Å². The lowest BCUT2D eigenvalue weighted by molar-refractivity contribution is 0.184. The van der Waals surface area contributed by atoms with Gasteiger partial charge in [-0.3, -0.25) is 14.1 Å². The third-order valence-electron chi connectivity index (χ3n) is 7.23. The Hall–Kier alpha value is -4.43. The standard InChI is InChI=1S/C23H24ClN3O.2C7H8O3S/c1-4-17-10-11-25-22(13-17)21-14-20(15-26-23(21)24)28-16-19(27(2)3)12-18-8-6-5-7-9-18;2*1-6-2-4-7(5-3-6)11(8,9)10/h4-11,13-15,19H,1,12,16H2,2-3H3;2*2-5H,1H3,(H,8,9,10)/t19-;;/m0../s1. The van der Waals surface area contributed by atoms with E-state index in [4.69, 9.17) is 25.4 Å². The molecule has 0 bridgehead atoms. The Labute approximate surface area is 299 Å². The lowest BCUT2D eigenvalue weighted by Crippen LogP contribution is -2.35. The van der Waals surface area contributed by atoms with Crippen LogP contribution in [0.5, 0.6) is 5.75 Å². The fraction of sp³-hybridized carbons (Fsp3) is 0.189. The Kier molecular flexibility index (Phi) is 14.8. The predicted octanol–water partition coefficient (Wildman–Crippen LogP) is 7.48. The second kappa shape index (κ2) is 18.5. The van der Waals surface area contributed by atoms with Crippen LogP contribution < -0.4 is 4.74 Å². The Morgan fingerprint density at radius 2 is 1.36 bits per heavy atom. The molecule has 0 unspecified atom stereocenters. The van der Waals surface area contributed by atoms with Crippen molar-refractivity contribution in [2.75, 3.05) is 20.7 Å². The predicted molar refractivity (Wildman–Crippen MR) is 198 cm³/mol. The normalized spacial score (nSPS) is 11.8. The van der Waals surface area contributed by atoms with Crippen LogP contribution in [0, 0.1) is 13.8 Å². The van der Waals surface area contributed by atoms with Gasteiger partial charge in [-0.1, -0.05) is 90.0 Å². The number of aromatic nitrogens is 2.